The number of methoxy groups -OCH3 is 1. The van der Waals surface area contributed by atoms with Crippen molar-refractivity contribution in [2.75, 3.05) is 7.11 Å². The molecule has 5 nitrogen and oxygen atoms in total. The second kappa shape index (κ2) is 4.16. The first-order valence-electron chi connectivity index (χ1n) is 3.66. The molecule has 0 fully saturated rings. The van der Waals surface area contributed by atoms with Crippen LogP contribution in [0.25, 0.3) is 0 Å². The number of esters is 1. The second-order valence-corrected chi connectivity index (χ2v) is 2.47. The fraction of sp³-hybridized carbons (Fsp3) is 0.143. The number of pyridine rings is 1. The van der Waals surface area contributed by atoms with Gasteiger partial charge < -0.3 is 14.8 Å². The number of carbonyl (C=O) groups excluding carboxylic acids is 1. The zero-order chi connectivity index (χ0) is 10.7. The number of hydrogen-bond acceptors (Lipinski definition) is 5. The topological polar surface area (TPSA) is 79.7 Å². The lowest BCUT2D eigenvalue weighted by Gasteiger charge is -2.02. The first-order valence-corrected chi connectivity index (χ1v) is 3.66. The van der Waals surface area contributed by atoms with Crippen LogP contribution < -0.4 is 5.46 Å². The summed E-state index contributed by atoms with van der Waals surface area (Å²) in [5.74, 6) is -1.82. The molecule has 0 saturated heterocycles. The summed E-state index contributed by atoms with van der Waals surface area (Å²) < 4.78 is 17.0. The van der Waals surface area contributed by atoms with Gasteiger partial charge in [0.2, 0.25) is 5.95 Å². The monoisotopic (exact) mass is 199 g/mol. The summed E-state index contributed by atoms with van der Waals surface area (Å²) in [4.78, 5) is 14.1. The van der Waals surface area contributed by atoms with E-state index >= 15 is 0 Å². The first-order chi connectivity index (χ1) is 6.54. The van der Waals surface area contributed by atoms with Gasteiger partial charge in [0.1, 0.15) is 0 Å². The molecule has 2 N–H and O–H groups in total. The third kappa shape index (κ3) is 2.27. The van der Waals surface area contributed by atoms with E-state index in [-0.39, 0.29) is 11.2 Å². The maximum absolute atomic E-state index is 12.7. The van der Waals surface area contributed by atoms with Crippen molar-refractivity contribution >= 4 is 18.6 Å². The van der Waals surface area contributed by atoms with Gasteiger partial charge in [-0.2, -0.15) is 4.39 Å². The molecule has 0 unspecified atom stereocenters. The predicted octanol–water partition coefficient (Wildman–Crippen LogP) is -1.31. The van der Waals surface area contributed by atoms with E-state index in [4.69, 9.17) is 10.0 Å². The van der Waals surface area contributed by atoms with E-state index in [0.29, 0.717) is 0 Å². The van der Waals surface area contributed by atoms with Gasteiger partial charge in [-0.05, 0) is 17.6 Å². The molecule has 14 heavy (non-hydrogen) atoms. The summed E-state index contributed by atoms with van der Waals surface area (Å²) in [5.41, 5.74) is -0.464. The average molecular weight is 199 g/mol. The van der Waals surface area contributed by atoms with Gasteiger partial charge in [0.05, 0.1) is 7.11 Å². The summed E-state index contributed by atoms with van der Waals surface area (Å²) >= 11 is 0. The fourth-order valence-electron chi connectivity index (χ4n) is 0.875. The van der Waals surface area contributed by atoms with Crippen LogP contribution >= 0.6 is 0 Å². The highest BCUT2D eigenvalue weighted by molar-refractivity contribution is 6.58. The molecule has 0 atom stereocenters. The molecule has 0 aliphatic rings. The van der Waals surface area contributed by atoms with Crippen LogP contribution in [0.2, 0.25) is 0 Å². The normalized spacial score (nSPS) is 9.71. The summed E-state index contributed by atoms with van der Waals surface area (Å²) in [6.45, 7) is 0. The zero-order valence-electron chi connectivity index (χ0n) is 7.27. The quantitative estimate of drug-likeness (QED) is 0.351. The molecule has 7 heteroatoms. The number of rotatable bonds is 2. The van der Waals surface area contributed by atoms with Gasteiger partial charge >= 0.3 is 13.1 Å². The number of aromatic nitrogens is 1. The molecular formula is C7H7BFNO4. The van der Waals surface area contributed by atoms with Crippen LogP contribution in [0.15, 0.2) is 12.1 Å². The molecule has 0 spiro atoms. The Morgan fingerprint density at radius 1 is 1.57 bits per heavy atom. The Balaban J connectivity index is 3.13. The summed E-state index contributed by atoms with van der Waals surface area (Å²) in [5, 5.41) is 17.5. The van der Waals surface area contributed by atoms with Gasteiger partial charge in [0, 0.05) is 0 Å². The van der Waals surface area contributed by atoms with Gasteiger partial charge in [0.15, 0.2) is 5.69 Å². The maximum atomic E-state index is 12.7. The van der Waals surface area contributed by atoms with Crippen LogP contribution in [0.3, 0.4) is 0 Å². The minimum Gasteiger partial charge on any atom is -0.464 e. The third-order valence-electron chi connectivity index (χ3n) is 1.51. The van der Waals surface area contributed by atoms with Gasteiger partial charge in [-0.1, -0.05) is 0 Å². The van der Waals surface area contributed by atoms with Crippen LogP contribution in [-0.2, 0) is 4.74 Å². The maximum Gasteiger partial charge on any atom is 0.488 e. The highest BCUT2D eigenvalue weighted by Crippen LogP contribution is 1.98. The van der Waals surface area contributed by atoms with E-state index in [2.05, 4.69) is 9.72 Å². The molecule has 1 rings (SSSR count). The van der Waals surface area contributed by atoms with Gasteiger partial charge in [-0.25, -0.2) is 9.78 Å². The summed E-state index contributed by atoms with van der Waals surface area (Å²) in [7, 11) is -0.736. The fourth-order valence-corrected chi connectivity index (χ4v) is 0.875. The number of nitrogens with zero attached hydrogens (tertiary/aromatic N) is 1. The van der Waals surface area contributed by atoms with Crippen LogP contribution in [-0.4, -0.2) is 35.2 Å². The molecule has 1 aromatic rings. The minimum atomic E-state index is -1.85. The third-order valence-corrected chi connectivity index (χ3v) is 1.51. The molecular weight excluding hydrogens is 192 g/mol. The molecule has 0 aliphatic heterocycles. The molecule has 0 saturated carbocycles. The van der Waals surface area contributed by atoms with Crippen molar-refractivity contribution in [1.29, 1.82) is 0 Å². The van der Waals surface area contributed by atoms with E-state index in [1.165, 1.54) is 0 Å². The standard InChI is InChI=1S/C7H7BFNO4/c1-14-7(11)5-2-4(8(12)13)3-6(9)10-5/h2-3,12-13H,1H3. The lowest BCUT2D eigenvalue weighted by molar-refractivity contribution is 0.0593. The Bertz CT molecular complexity index is 358. The van der Waals surface area contributed by atoms with Crippen molar-refractivity contribution in [2.45, 2.75) is 0 Å². The molecule has 0 radical (unpaired) electrons. The van der Waals surface area contributed by atoms with Crippen molar-refractivity contribution in [3.8, 4) is 0 Å². The van der Waals surface area contributed by atoms with Crippen LogP contribution in [0.5, 0.6) is 0 Å². The second-order valence-electron chi connectivity index (χ2n) is 2.47. The van der Waals surface area contributed by atoms with Crippen molar-refractivity contribution in [1.82, 2.24) is 4.98 Å². The lowest BCUT2D eigenvalue weighted by atomic mass is 9.80. The first kappa shape index (κ1) is 10.6. The molecule has 0 bridgehead atoms. The Labute approximate surface area is 79.3 Å². The Morgan fingerprint density at radius 3 is 2.71 bits per heavy atom. The number of ether oxygens (including phenoxy) is 1. The van der Waals surface area contributed by atoms with Gasteiger partial charge in [-0.15, -0.1) is 0 Å². The number of hydrogen-bond donors (Lipinski definition) is 2. The van der Waals surface area contributed by atoms with E-state index in [0.717, 1.165) is 19.2 Å². The highest BCUT2D eigenvalue weighted by atomic mass is 19.1. The van der Waals surface area contributed by atoms with E-state index in [9.17, 15) is 9.18 Å². The summed E-state index contributed by atoms with van der Waals surface area (Å²) in [6, 6.07) is 1.86. The van der Waals surface area contributed by atoms with Gasteiger partial charge in [0.25, 0.3) is 0 Å². The summed E-state index contributed by atoms with van der Waals surface area (Å²) in [6.07, 6.45) is 0. The van der Waals surface area contributed by atoms with E-state index in [1.807, 2.05) is 0 Å². The Morgan fingerprint density at radius 2 is 2.21 bits per heavy atom. The average Bonchev–Trinajstić information content (AvgIpc) is 2.15. The van der Waals surface area contributed by atoms with Crippen molar-refractivity contribution in [2.24, 2.45) is 0 Å². The zero-order valence-corrected chi connectivity index (χ0v) is 7.27. The number of carbonyl (C=O) groups is 1. The van der Waals surface area contributed by atoms with Crippen molar-refractivity contribution < 1.29 is 24.0 Å². The van der Waals surface area contributed by atoms with Crippen LogP contribution in [0, 0.1) is 5.95 Å². The minimum absolute atomic E-state index is 0.155. The predicted molar refractivity (Wildman–Crippen MR) is 45.4 cm³/mol. The Kier molecular flexibility index (Phi) is 3.16. The molecule has 0 amide bonds. The van der Waals surface area contributed by atoms with Crippen molar-refractivity contribution in [3.05, 3.63) is 23.8 Å². The molecule has 0 aliphatic carbocycles. The Hall–Kier alpha value is -1.47. The lowest BCUT2D eigenvalue weighted by Crippen LogP contribution is -2.31. The number of halogens is 1. The molecule has 74 valence electrons. The van der Waals surface area contributed by atoms with Crippen LogP contribution in [0.1, 0.15) is 10.5 Å². The molecule has 0 aromatic carbocycles. The van der Waals surface area contributed by atoms with Gasteiger partial charge in [-0.3, -0.25) is 0 Å². The SMILES string of the molecule is COC(=O)c1cc(B(O)O)cc(F)n1. The smallest absolute Gasteiger partial charge is 0.464 e. The molecule has 1 heterocycles. The van der Waals surface area contributed by atoms with Crippen LogP contribution in [0.4, 0.5) is 4.39 Å². The van der Waals surface area contributed by atoms with E-state index < -0.39 is 19.0 Å². The highest BCUT2D eigenvalue weighted by Gasteiger charge is 2.17. The van der Waals surface area contributed by atoms with E-state index in [1.54, 1.807) is 0 Å². The molecule has 1 aromatic heterocycles. The van der Waals surface area contributed by atoms with Crippen molar-refractivity contribution in [3.63, 3.8) is 0 Å². The largest absolute Gasteiger partial charge is 0.488 e.